The molecule has 0 aromatic heterocycles. The van der Waals surface area contributed by atoms with E-state index in [0.29, 0.717) is 0 Å². The van der Waals surface area contributed by atoms with E-state index in [1.54, 1.807) is 0 Å². The minimum atomic E-state index is 0.836. The molecule has 100 valence electrons. The Morgan fingerprint density at radius 1 is 0.647 bits per heavy atom. The summed E-state index contributed by atoms with van der Waals surface area (Å²) in [5.74, 6) is 6.91. The van der Waals surface area contributed by atoms with Crippen LogP contribution in [0.3, 0.4) is 0 Å². The minimum absolute atomic E-state index is 0.836. The highest BCUT2D eigenvalue weighted by Gasteiger charge is 1.92. The van der Waals surface area contributed by atoms with Crippen molar-refractivity contribution in [2.24, 2.45) is 0 Å². The van der Waals surface area contributed by atoms with Gasteiger partial charge in [0.2, 0.25) is 0 Å². The molecule has 0 N–H and O–H groups in total. The highest BCUT2D eigenvalue weighted by atomic mass is 35.5. The van der Waals surface area contributed by atoms with Crippen LogP contribution in [0.5, 0.6) is 0 Å². The maximum Gasteiger partial charge on any atom is 0.0223 e. The van der Waals surface area contributed by atoms with Gasteiger partial charge in [-0.3, -0.25) is 0 Å². The van der Waals surface area contributed by atoms with Crippen molar-refractivity contribution in [2.45, 2.75) is 84.0 Å². The molecule has 0 aliphatic carbocycles. The molecule has 1 heteroatoms. The van der Waals surface area contributed by atoms with Gasteiger partial charge in [-0.1, -0.05) is 57.8 Å². The van der Waals surface area contributed by atoms with Gasteiger partial charge in [0.15, 0.2) is 0 Å². The molecule has 0 fully saturated rings. The number of alkyl halides is 1. The summed E-state index contributed by atoms with van der Waals surface area (Å²) in [5, 5.41) is 0. The van der Waals surface area contributed by atoms with Crippen molar-refractivity contribution in [3.63, 3.8) is 0 Å². The van der Waals surface area contributed by atoms with E-state index in [4.69, 9.17) is 11.6 Å². The second-order valence-electron chi connectivity index (χ2n) is 4.75. The first-order valence-electron chi connectivity index (χ1n) is 7.37. The summed E-state index contributed by atoms with van der Waals surface area (Å²) in [6.45, 7) is 1.92. The number of rotatable bonds is 12. The highest BCUT2D eigenvalue weighted by molar-refractivity contribution is 6.17. The zero-order valence-electron chi connectivity index (χ0n) is 11.6. The lowest BCUT2D eigenvalue weighted by atomic mass is 10.1. The number of halogens is 1. The van der Waals surface area contributed by atoms with Gasteiger partial charge < -0.3 is 0 Å². The zero-order valence-corrected chi connectivity index (χ0v) is 12.3. The Morgan fingerprint density at radius 2 is 1.06 bits per heavy atom. The smallest absolute Gasteiger partial charge is 0.0223 e. The Bertz CT molecular complexity index is 187. The predicted molar refractivity (Wildman–Crippen MR) is 79.6 cm³/mol. The maximum atomic E-state index is 5.64. The van der Waals surface area contributed by atoms with Crippen molar-refractivity contribution >= 4 is 11.6 Å². The standard InChI is InChI=1S/C16H29Cl/c1-2-3-4-5-6-7-8-9-10-11-12-13-14-15-16-17/h4-16H2,1H3. The van der Waals surface area contributed by atoms with E-state index in [-0.39, 0.29) is 0 Å². The quantitative estimate of drug-likeness (QED) is 0.231. The third kappa shape index (κ3) is 15.9. The van der Waals surface area contributed by atoms with Gasteiger partial charge in [-0.25, -0.2) is 0 Å². The third-order valence-electron chi connectivity index (χ3n) is 3.11. The summed E-state index contributed by atoms with van der Waals surface area (Å²) in [6.07, 6.45) is 16.1. The first-order valence-corrected chi connectivity index (χ1v) is 7.91. The molecule has 0 unspecified atom stereocenters. The van der Waals surface area contributed by atoms with Crippen molar-refractivity contribution in [1.82, 2.24) is 0 Å². The molecule has 0 rings (SSSR count). The van der Waals surface area contributed by atoms with Gasteiger partial charge in [-0.15, -0.1) is 23.4 Å². The van der Waals surface area contributed by atoms with Crippen molar-refractivity contribution in [2.75, 3.05) is 5.88 Å². The van der Waals surface area contributed by atoms with Crippen LogP contribution in [0.2, 0.25) is 0 Å². The number of hydrogen-bond donors (Lipinski definition) is 0. The van der Waals surface area contributed by atoms with Crippen LogP contribution in [0.4, 0.5) is 0 Å². The molecule has 0 radical (unpaired) electrons. The van der Waals surface area contributed by atoms with Gasteiger partial charge in [-0.2, -0.15) is 0 Å². The summed E-state index contributed by atoms with van der Waals surface area (Å²) in [4.78, 5) is 0. The zero-order chi connectivity index (χ0) is 12.6. The fourth-order valence-electron chi connectivity index (χ4n) is 2.02. The number of hydrogen-bond acceptors (Lipinski definition) is 0. The predicted octanol–water partition coefficient (Wildman–Crippen LogP) is 5.93. The average Bonchev–Trinajstić information content (AvgIpc) is 2.35. The van der Waals surface area contributed by atoms with Gasteiger partial charge in [0.05, 0.1) is 0 Å². The molecule has 0 saturated carbocycles. The molecule has 0 aromatic rings. The largest absolute Gasteiger partial charge is 0.127 e. The van der Waals surface area contributed by atoms with Crippen LogP contribution in [-0.4, -0.2) is 5.88 Å². The molecule has 0 heterocycles. The summed E-state index contributed by atoms with van der Waals surface area (Å²) in [5.41, 5.74) is 0. The van der Waals surface area contributed by atoms with E-state index < -0.39 is 0 Å². The minimum Gasteiger partial charge on any atom is -0.127 e. The van der Waals surface area contributed by atoms with E-state index in [0.717, 1.165) is 12.3 Å². The first-order chi connectivity index (χ1) is 8.41. The Labute approximate surface area is 114 Å². The Balaban J connectivity index is 2.91. The van der Waals surface area contributed by atoms with E-state index >= 15 is 0 Å². The maximum absolute atomic E-state index is 5.64. The van der Waals surface area contributed by atoms with Gasteiger partial charge in [-0.05, 0) is 19.8 Å². The summed E-state index contributed by atoms with van der Waals surface area (Å²) in [7, 11) is 0. The molecule has 0 bridgehead atoms. The molecule has 17 heavy (non-hydrogen) atoms. The van der Waals surface area contributed by atoms with Crippen LogP contribution in [0.15, 0.2) is 0 Å². The van der Waals surface area contributed by atoms with Crippen molar-refractivity contribution < 1.29 is 0 Å². The molecule has 0 amide bonds. The van der Waals surface area contributed by atoms with Crippen molar-refractivity contribution in [3.8, 4) is 11.8 Å². The summed E-state index contributed by atoms with van der Waals surface area (Å²) < 4.78 is 0. The lowest BCUT2D eigenvalue weighted by Gasteiger charge is -2.01. The van der Waals surface area contributed by atoms with Crippen LogP contribution in [0, 0.1) is 11.8 Å². The number of unbranched alkanes of at least 4 members (excludes halogenated alkanes) is 11. The first kappa shape index (κ1) is 16.9. The van der Waals surface area contributed by atoms with E-state index in [1.165, 1.54) is 70.6 Å². The molecule has 0 saturated heterocycles. The average molecular weight is 257 g/mol. The lowest BCUT2D eigenvalue weighted by Crippen LogP contribution is -1.83. The van der Waals surface area contributed by atoms with Crippen LogP contribution in [0.1, 0.15) is 84.0 Å². The van der Waals surface area contributed by atoms with Crippen LogP contribution >= 0.6 is 11.6 Å². The van der Waals surface area contributed by atoms with Crippen molar-refractivity contribution in [3.05, 3.63) is 0 Å². The van der Waals surface area contributed by atoms with Crippen LogP contribution in [-0.2, 0) is 0 Å². The monoisotopic (exact) mass is 256 g/mol. The van der Waals surface area contributed by atoms with Gasteiger partial charge in [0.25, 0.3) is 0 Å². The normalized spacial score (nSPS) is 10.0. The van der Waals surface area contributed by atoms with E-state index in [9.17, 15) is 0 Å². The Morgan fingerprint density at radius 3 is 1.47 bits per heavy atom. The van der Waals surface area contributed by atoms with Gasteiger partial charge in [0, 0.05) is 12.3 Å². The molecule has 0 aliphatic rings. The lowest BCUT2D eigenvalue weighted by molar-refractivity contribution is 0.551. The molecule has 0 atom stereocenters. The second-order valence-corrected chi connectivity index (χ2v) is 5.13. The van der Waals surface area contributed by atoms with Crippen molar-refractivity contribution in [1.29, 1.82) is 0 Å². The van der Waals surface area contributed by atoms with E-state index in [2.05, 4.69) is 11.8 Å². The molecular formula is C16H29Cl. The molecular weight excluding hydrogens is 228 g/mol. The molecule has 0 nitrogen and oxygen atoms in total. The summed E-state index contributed by atoms with van der Waals surface area (Å²) in [6, 6.07) is 0. The van der Waals surface area contributed by atoms with Gasteiger partial charge >= 0.3 is 0 Å². The highest BCUT2D eigenvalue weighted by Crippen LogP contribution is 2.11. The van der Waals surface area contributed by atoms with Crippen LogP contribution in [0.25, 0.3) is 0 Å². The fraction of sp³-hybridized carbons (Fsp3) is 0.875. The Hall–Kier alpha value is -0.150. The van der Waals surface area contributed by atoms with E-state index in [1.807, 2.05) is 6.92 Å². The third-order valence-corrected chi connectivity index (χ3v) is 3.38. The summed E-state index contributed by atoms with van der Waals surface area (Å²) >= 11 is 5.64. The molecule has 0 spiro atoms. The second kappa shape index (κ2) is 15.9. The Kier molecular flexibility index (Phi) is 15.7. The fourth-order valence-corrected chi connectivity index (χ4v) is 2.21. The van der Waals surface area contributed by atoms with Gasteiger partial charge in [0.1, 0.15) is 0 Å². The SMILES string of the molecule is CC#CCCCCCCCCCCCCCCl. The molecule has 0 aliphatic heterocycles. The topological polar surface area (TPSA) is 0 Å². The molecule has 0 aromatic carbocycles. The van der Waals surface area contributed by atoms with Crippen LogP contribution < -0.4 is 0 Å².